The van der Waals surface area contributed by atoms with Crippen LogP contribution in [0.4, 0.5) is 11.4 Å². The van der Waals surface area contributed by atoms with Crippen LogP contribution < -0.4 is 10.2 Å². The summed E-state index contributed by atoms with van der Waals surface area (Å²) in [5.41, 5.74) is 3.60. The highest BCUT2D eigenvalue weighted by molar-refractivity contribution is 7.98. The Labute approximate surface area is 169 Å². The largest absolute Gasteiger partial charge is 0.375 e. The van der Waals surface area contributed by atoms with Crippen molar-refractivity contribution in [1.29, 1.82) is 0 Å². The number of amides is 2. The minimum Gasteiger partial charge on any atom is -0.375 e. The molecular weight excluding hydrogens is 372 g/mol. The number of hydrogen-bond donors (Lipinski definition) is 1. The van der Waals surface area contributed by atoms with E-state index in [-0.39, 0.29) is 18.4 Å². The minimum absolute atomic E-state index is 0.0497. The molecule has 5 nitrogen and oxygen atoms in total. The Hall–Kier alpha value is -2.57. The summed E-state index contributed by atoms with van der Waals surface area (Å²) < 4.78 is 4.98. The van der Waals surface area contributed by atoms with Crippen LogP contribution in [-0.4, -0.2) is 38.3 Å². The summed E-state index contributed by atoms with van der Waals surface area (Å²) in [6.45, 7) is 0.715. The van der Waals surface area contributed by atoms with Gasteiger partial charge in [0.05, 0.1) is 0 Å². The monoisotopic (exact) mass is 396 g/mol. The number of benzene rings is 2. The lowest BCUT2D eigenvalue weighted by Gasteiger charge is -2.29. The number of aryl methyl sites for hydroxylation is 1. The Morgan fingerprint density at radius 1 is 1.21 bits per heavy atom. The van der Waals surface area contributed by atoms with Gasteiger partial charge in [0, 0.05) is 36.0 Å². The normalized spacial score (nSPS) is 13.4. The van der Waals surface area contributed by atoms with Crippen molar-refractivity contribution in [3.05, 3.63) is 59.7 Å². The van der Waals surface area contributed by atoms with Gasteiger partial charge in [-0.3, -0.25) is 9.59 Å². The van der Waals surface area contributed by atoms with Gasteiger partial charge in [0.15, 0.2) is 0 Å². The molecular formula is C22H24N2O3S. The second-order valence-corrected chi connectivity index (χ2v) is 7.40. The van der Waals surface area contributed by atoms with Gasteiger partial charge in [-0.25, -0.2) is 0 Å². The highest BCUT2D eigenvalue weighted by atomic mass is 32.2. The van der Waals surface area contributed by atoms with Crippen molar-refractivity contribution in [2.24, 2.45) is 0 Å². The molecule has 1 N–H and O–H groups in total. The lowest BCUT2D eigenvalue weighted by Crippen LogP contribution is -2.37. The topological polar surface area (TPSA) is 58.6 Å². The number of fused-ring (bicyclic) bond motifs is 1. The first-order chi connectivity index (χ1) is 13.6. The van der Waals surface area contributed by atoms with Crippen LogP contribution in [0.2, 0.25) is 0 Å². The zero-order valence-electron chi connectivity index (χ0n) is 16.1. The van der Waals surface area contributed by atoms with E-state index >= 15 is 0 Å². The zero-order chi connectivity index (χ0) is 19.9. The average Bonchev–Trinajstić information content (AvgIpc) is 2.72. The third-order valence-corrected chi connectivity index (χ3v) is 5.33. The lowest BCUT2D eigenvalue weighted by molar-refractivity contribution is -0.122. The van der Waals surface area contributed by atoms with E-state index in [1.807, 2.05) is 48.7 Å². The van der Waals surface area contributed by atoms with Crippen molar-refractivity contribution >= 4 is 41.0 Å². The number of ether oxygens (including phenoxy) is 1. The first-order valence-corrected chi connectivity index (χ1v) is 10.4. The molecule has 146 valence electrons. The maximum Gasteiger partial charge on any atom is 0.252 e. The van der Waals surface area contributed by atoms with Crippen LogP contribution >= 0.6 is 11.8 Å². The third kappa shape index (κ3) is 5.03. The van der Waals surface area contributed by atoms with Crippen molar-refractivity contribution in [3.8, 4) is 0 Å². The molecule has 6 heteroatoms. The van der Waals surface area contributed by atoms with Crippen LogP contribution in [-0.2, 0) is 20.7 Å². The Kier molecular flexibility index (Phi) is 6.90. The molecule has 0 unspecified atom stereocenters. The summed E-state index contributed by atoms with van der Waals surface area (Å²) in [6.07, 6.45) is 7.17. The van der Waals surface area contributed by atoms with Crippen molar-refractivity contribution in [2.45, 2.75) is 17.7 Å². The molecule has 1 aliphatic heterocycles. The second kappa shape index (κ2) is 9.57. The molecule has 0 spiro atoms. The molecule has 3 rings (SSSR count). The van der Waals surface area contributed by atoms with E-state index in [0.29, 0.717) is 12.2 Å². The van der Waals surface area contributed by atoms with E-state index in [0.717, 1.165) is 29.7 Å². The first-order valence-electron chi connectivity index (χ1n) is 9.16. The summed E-state index contributed by atoms with van der Waals surface area (Å²) >= 11 is 1.68. The van der Waals surface area contributed by atoms with Gasteiger partial charge in [0.2, 0.25) is 5.91 Å². The van der Waals surface area contributed by atoms with Crippen molar-refractivity contribution in [2.75, 3.05) is 36.7 Å². The fourth-order valence-corrected chi connectivity index (χ4v) is 3.59. The molecule has 2 amide bonds. The van der Waals surface area contributed by atoms with Crippen molar-refractivity contribution < 1.29 is 14.3 Å². The molecule has 1 heterocycles. The van der Waals surface area contributed by atoms with E-state index in [4.69, 9.17) is 4.74 Å². The van der Waals surface area contributed by atoms with E-state index in [9.17, 15) is 9.59 Å². The van der Waals surface area contributed by atoms with E-state index in [1.165, 1.54) is 18.1 Å². The van der Waals surface area contributed by atoms with Crippen LogP contribution in [0, 0.1) is 0 Å². The summed E-state index contributed by atoms with van der Waals surface area (Å²) in [5.74, 6) is -0.278. The summed E-state index contributed by atoms with van der Waals surface area (Å²) in [4.78, 5) is 27.5. The lowest BCUT2D eigenvalue weighted by atomic mass is 10.0. The number of thioether (sulfide) groups is 1. The maximum absolute atomic E-state index is 12.3. The van der Waals surface area contributed by atoms with Crippen molar-refractivity contribution in [3.63, 3.8) is 0 Å². The quantitative estimate of drug-likeness (QED) is 0.593. The Balaban J connectivity index is 1.70. The highest BCUT2D eigenvalue weighted by Gasteiger charge is 2.22. The Morgan fingerprint density at radius 3 is 2.71 bits per heavy atom. The molecule has 2 aromatic carbocycles. The van der Waals surface area contributed by atoms with E-state index in [1.54, 1.807) is 22.7 Å². The van der Waals surface area contributed by atoms with Gasteiger partial charge in [-0.1, -0.05) is 18.2 Å². The van der Waals surface area contributed by atoms with Crippen LogP contribution in [0.25, 0.3) is 6.08 Å². The number of rotatable bonds is 6. The van der Waals surface area contributed by atoms with Gasteiger partial charge in [-0.15, -0.1) is 11.8 Å². The number of nitrogens with zero attached hydrogens (tertiary/aromatic N) is 1. The van der Waals surface area contributed by atoms with Crippen LogP contribution in [0.3, 0.4) is 0 Å². The molecule has 0 aliphatic carbocycles. The average molecular weight is 397 g/mol. The molecule has 0 bridgehead atoms. The summed E-state index contributed by atoms with van der Waals surface area (Å²) in [7, 11) is 1.51. The number of methoxy groups -OCH3 is 1. The summed E-state index contributed by atoms with van der Waals surface area (Å²) in [5, 5.41) is 2.88. The Bertz CT molecular complexity index is 878. The fraction of sp³-hybridized carbons (Fsp3) is 0.273. The molecule has 0 radical (unpaired) electrons. The Morgan fingerprint density at radius 2 is 2.00 bits per heavy atom. The van der Waals surface area contributed by atoms with Crippen molar-refractivity contribution in [1.82, 2.24) is 0 Å². The molecule has 0 saturated heterocycles. The predicted octanol–water partition coefficient (Wildman–Crippen LogP) is 3.99. The minimum atomic E-state index is -0.209. The number of carbonyl (C=O) groups excluding carboxylic acids is 2. The molecule has 0 saturated carbocycles. The molecule has 28 heavy (non-hydrogen) atoms. The smallest absolute Gasteiger partial charge is 0.252 e. The van der Waals surface area contributed by atoms with E-state index < -0.39 is 0 Å². The number of carbonyl (C=O) groups is 2. The van der Waals surface area contributed by atoms with Gasteiger partial charge in [-0.05, 0) is 60.6 Å². The molecule has 0 aromatic heterocycles. The van der Waals surface area contributed by atoms with Gasteiger partial charge in [-0.2, -0.15) is 0 Å². The van der Waals surface area contributed by atoms with Crippen LogP contribution in [0.1, 0.15) is 17.5 Å². The molecule has 2 aromatic rings. The molecule has 0 fully saturated rings. The van der Waals surface area contributed by atoms with Gasteiger partial charge in [0.25, 0.3) is 5.91 Å². The zero-order valence-corrected chi connectivity index (χ0v) is 16.9. The molecule has 0 atom stereocenters. The van der Waals surface area contributed by atoms with Gasteiger partial charge >= 0.3 is 0 Å². The standard InChI is InChI=1S/C22H24N2O3S/c1-27-15-22(26)24-13-3-4-17-8-9-18(14-20(17)24)23-21(25)12-7-16-5-10-19(28-2)11-6-16/h5-12,14H,3-4,13,15H2,1-2H3,(H,23,25)/b12-7+. The van der Waals surface area contributed by atoms with E-state index in [2.05, 4.69) is 5.32 Å². The number of nitrogens with one attached hydrogen (secondary N) is 1. The highest BCUT2D eigenvalue weighted by Crippen LogP contribution is 2.30. The third-order valence-electron chi connectivity index (χ3n) is 4.58. The predicted molar refractivity (Wildman–Crippen MR) is 115 cm³/mol. The maximum atomic E-state index is 12.3. The van der Waals surface area contributed by atoms with Gasteiger partial charge < -0.3 is 15.0 Å². The molecule has 1 aliphatic rings. The fourth-order valence-electron chi connectivity index (χ4n) is 3.18. The first kappa shape index (κ1) is 20.2. The SMILES string of the molecule is COCC(=O)N1CCCc2ccc(NC(=O)/C=C/c3ccc(SC)cc3)cc21. The van der Waals surface area contributed by atoms with Crippen LogP contribution in [0.15, 0.2) is 53.4 Å². The number of anilines is 2. The number of hydrogen-bond acceptors (Lipinski definition) is 4. The van der Waals surface area contributed by atoms with Crippen LogP contribution in [0.5, 0.6) is 0 Å². The van der Waals surface area contributed by atoms with Gasteiger partial charge in [0.1, 0.15) is 6.61 Å². The summed E-state index contributed by atoms with van der Waals surface area (Å²) in [6, 6.07) is 13.7. The second-order valence-electron chi connectivity index (χ2n) is 6.52.